The van der Waals surface area contributed by atoms with Crippen LogP contribution in [0.1, 0.15) is 5.76 Å². The first-order valence-electron chi connectivity index (χ1n) is 8.14. The molecular formula is C20H12Cl3NO2S2. The number of thiol groups is 1. The first-order chi connectivity index (χ1) is 13.4. The summed E-state index contributed by atoms with van der Waals surface area (Å²) in [5.74, 6) is 0.949. The number of rotatable bonds is 3. The zero-order valence-corrected chi connectivity index (χ0v) is 18.1. The number of furan rings is 1. The molecule has 1 amide bonds. The lowest BCUT2D eigenvalue weighted by Gasteiger charge is -2.19. The Morgan fingerprint density at radius 3 is 2.64 bits per heavy atom. The first kappa shape index (κ1) is 19.8. The second-order valence-electron chi connectivity index (χ2n) is 5.91. The molecule has 1 saturated heterocycles. The molecule has 1 fully saturated rings. The van der Waals surface area contributed by atoms with Crippen molar-refractivity contribution in [1.29, 1.82) is 0 Å². The van der Waals surface area contributed by atoms with Gasteiger partial charge in [-0.1, -0.05) is 58.7 Å². The Labute approximate surface area is 186 Å². The van der Waals surface area contributed by atoms with E-state index in [-0.39, 0.29) is 10.6 Å². The highest BCUT2D eigenvalue weighted by Crippen LogP contribution is 2.42. The second kappa shape index (κ2) is 8.09. The summed E-state index contributed by atoms with van der Waals surface area (Å²) in [5.41, 5.74) is 1.39. The Balaban J connectivity index is 1.63. The van der Waals surface area contributed by atoms with Crippen LogP contribution in [-0.2, 0) is 4.79 Å². The van der Waals surface area contributed by atoms with E-state index in [0.29, 0.717) is 42.7 Å². The molecule has 0 spiro atoms. The maximum absolute atomic E-state index is 12.9. The van der Waals surface area contributed by atoms with Crippen molar-refractivity contribution in [2.75, 3.05) is 4.90 Å². The van der Waals surface area contributed by atoms with Crippen LogP contribution in [0.25, 0.3) is 17.4 Å². The number of amides is 1. The van der Waals surface area contributed by atoms with Gasteiger partial charge in [-0.05, 0) is 42.5 Å². The maximum atomic E-state index is 12.9. The van der Waals surface area contributed by atoms with Crippen LogP contribution in [0.3, 0.4) is 0 Å². The zero-order chi connectivity index (χ0) is 19.8. The molecule has 1 atom stereocenters. The fraction of sp³-hybridized carbons (Fsp3) is 0.0500. The molecule has 1 aromatic heterocycles. The van der Waals surface area contributed by atoms with Gasteiger partial charge < -0.3 is 4.42 Å². The van der Waals surface area contributed by atoms with Gasteiger partial charge in [0.25, 0.3) is 5.91 Å². The maximum Gasteiger partial charge on any atom is 0.266 e. The number of hydrogen-bond acceptors (Lipinski definition) is 4. The van der Waals surface area contributed by atoms with Crippen molar-refractivity contribution in [2.24, 2.45) is 0 Å². The average Bonchev–Trinajstić information content (AvgIpc) is 3.22. The van der Waals surface area contributed by atoms with E-state index in [9.17, 15) is 4.79 Å². The van der Waals surface area contributed by atoms with Crippen molar-refractivity contribution in [2.45, 2.75) is 4.71 Å². The van der Waals surface area contributed by atoms with E-state index in [4.69, 9.17) is 39.2 Å². The molecular weight excluding hydrogens is 457 g/mol. The smallest absolute Gasteiger partial charge is 0.266 e. The van der Waals surface area contributed by atoms with Crippen LogP contribution in [-0.4, -0.2) is 10.6 Å². The van der Waals surface area contributed by atoms with Crippen molar-refractivity contribution in [3.63, 3.8) is 0 Å². The van der Waals surface area contributed by atoms with Crippen molar-refractivity contribution >= 4 is 76.9 Å². The molecule has 1 aliphatic heterocycles. The minimum Gasteiger partial charge on any atom is -0.457 e. The van der Waals surface area contributed by atoms with Gasteiger partial charge in [-0.3, -0.25) is 9.69 Å². The molecule has 142 valence electrons. The van der Waals surface area contributed by atoms with Gasteiger partial charge in [-0.25, -0.2) is 0 Å². The molecule has 0 bridgehead atoms. The summed E-state index contributed by atoms with van der Waals surface area (Å²) in [6.45, 7) is 0. The molecule has 28 heavy (non-hydrogen) atoms. The van der Waals surface area contributed by atoms with E-state index in [2.05, 4.69) is 12.6 Å². The predicted octanol–water partition coefficient (Wildman–Crippen LogP) is 7.24. The lowest BCUT2D eigenvalue weighted by Crippen LogP contribution is -2.28. The zero-order valence-electron chi connectivity index (χ0n) is 14.1. The van der Waals surface area contributed by atoms with Crippen LogP contribution in [0.5, 0.6) is 0 Å². The molecule has 3 aromatic rings. The van der Waals surface area contributed by atoms with Crippen molar-refractivity contribution in [3.05, 3.63) is 80.3 Å². The van der Waals surface area contributed by atoms with E-state index >= 15 is 0 Å². The van der Waals surface area contributed by atoms with Gasteiger partial charge in [0.2, 0.25) is 0 Å². The van der Waals surface area contributed by atoms with E-state index in [1.165, 1.54) is 11.8 Å². The number of hydrogen-bond donors (Lipinski definition) is 1. The predicted molar refractivity (Wildman–Crippen MR) is 121 cm³/mol. The van der Waals surface area contributed by atoms with Crippen LogP contribution < -0.4 is 4.90 Å². The summed E-state index contributed by atoms with van der Waals surface area (Å²) < 4.78 is 5.51. The number of nitrogens with zero attached hydrogens (tertiary/aromatic N) is 1. The van der Waals surface area contributed by atoms with E-state index in [0.717, 1.165) is 0 Å². The third kappa shape index (κ3) is 3.82. The van der Waals surface area contributed by atoms with Crippen molar-refractivity contribution in [3.8, 4) is 11.3 Å². The Bertz CT molecular complexity index is 1100. The summed E-state index contributed by atoms with van der Waals surface area (Å²) >= 11 is 24.2. The van der Waals surface area contributed by atoms with Crippen molar-refractivity contribution < 1.29 is 9.21 Å². The molecule has 0 radical (unpaired) electrons. The molecule has 2 heterocycles. The van der Waals surface area contributed by atoms with E-state index in [1.807, 2.05) is 12.1 Å². The molecule has 2 aromatic carbocycles. The SMILES string of the molecule is O=C1/C(=C/c2ccc(-c3cccc(Cl)c3Cl)o2)SC(S)N1c1cccc(Cl)c1. The third-order valence-electron chi connectivity index (χ3n) is 4.09. The van der Waals surface area contributed by atoms with Crippen LogP contribution in [0.2, 0.25) is 15.1 Å². The van der Waals surface area contributed by atoms with Gasteiger partial charge in [0, 0.05) is 22.3 Å². The van der Waals surface area contributed by atoms with Gasteiger partial charge >= 0.3 is 0 Å². The molecule has 4 rings (SSSR count). The number of anilines is 1. The van der Waals surface area contributed by atoms with Gasteiger partial charge in [0.05, 0.1) is 15.0 Å². The second-order valence-corrected chi connectivity index (χ2v) is 9.09. The Kier molecular flexibility index (Phi) is 5.72. The number of carbonyl (C=O) groups is 1. The molecule has 8 heteroatoms. The van der Waals surface area contributed by atoms with Crippen LogP contribution >= 0.6 is 59.2 Å². The largest absolute Gasteiger partial charge is 0.457 e. The highest BCUT2D eigenvalue weighted by Gasteiger charge is 2.35. The quantitative estimate of drug-likeness (QED) is 0.325. The summed E-state index contributed by atoms with van der Waals surface area (Å²) in [6.07, 6.45) is 1.70. The van der Waals surface area contributed by atoms with E-state index < -0.39 is 0 Å². The van der Waals surface area contributed by atoms with Gasteiger partial charge in [0.1, 0.15) is 16.2 Å². The van der Waals surface area contributed by atoms with Gasteiger partial charge in [0.15, 0.2) is 0 Å². The lowest BCUT2D eigenvalue weighted by atomic mass is 10.2. The van der Waals surface area contributed by atoms with Gasteiger partial charge in [-0.2, -0.15) is 0 Å². The molecule has 1 aliphatic rings. The summed E-state index contributed by atoms with van der Waals surface area (Å²) in [4.78, 5) is 15.0. The minimum absolute atomic E-state index is 0.161. The monoisotopic (exact) mass is 467 g/mol. The van der Waals surface area contributed by atoms with Crippen LogP contribution in [0, 0.1) is 0 Å². The topological polar surface area (TPSA) is 33.5 Å². The summed E-state index contributed by atoms with van der Waals surface area (Å²) in [6, 6.07) is 16.0. The summed E-state index contributed by atoms with van der Waals surface area (Å²) in [5, 5.41) is 1.43. The number of halogens is 3. The van der Waals surface area contributed by atoms with E-state index in [1.54, 1.807) is 53.4 Å². The molecule has 1 unspecified atom stereocenters. The standard InChI is InChI=1S/C20H12Cl3NO2S2/c21-11-3-1-4-12(9-11)24-19(25)17(28-20(24)27)10-13-7-8-16(26-13)14-5-2-6-15(22)18(14)23/h1-10,20,27H/b17-10-. The third-order valence-corrected chi connectivity index (χ3v) is 6.66. The Morgan fingerprint density at radius 1 is 1.07 bits per heavy atom. The first-order valence-corrected chi connectivity index (χ1v) is 10.7. The highest BCUT2D eigenvalue weighted by molar-refractivity contribution is 8.14. The molecule has 0 saturated carbocycles. The van der Waals surface area contributed by atoms with Crippen molar-refractivity contribution in [1.82, 2.24) is 0 Å². The summed E-state index contributed by atoms with van der Waals surface area (Å²) in [7, 11) is 0. The highest BCUT2D eigenvalue weighted by atomic mass is 35.5. The number of benzene rings is 2. The number of carbonyl (C=O) groups excluding carboxylic acids is 1. The fourth-order valence-corrected chi connectivity index (χ4v) is 4.89. The molecule has 0 N–H and O–H groups in total. The lowest BCUT2D eigenvalue weighted by molar-refractivity contribution is -0.114. The normalized spacial score (nSPS) is 18.3. The average molecular weight is 469 g/mol. The Hall–Kier alpha value is -1.50. The van der Waals surface area contributed by atoms with Crippen LogP contribution in [0.15, 0.2) is 63.9 Å². The van der Waals surface area contributed by atoms with Gasteiger partial charge in [-0.15, -0.1) is 12.6 Å². The fourth-order valence-electron chi connectivity index (χ4n) is 2.80. The molecule has 0 aliphatic carbocycles. The minimum atomic E-state index is -0.353. The Morgan fingerprint density at radius 2 is 1.86 bits per heavy atom. The molecule has 3 nitrogen and oxygen atoms in total. The number of thioether (sulfide) groups is 1. The van der Waals surface area contributed by atoms with Crippen LogP contribution in [0.4, 0.5) is 5.69 Å².